The van der Waals surface area contributed by atoms with E-state index in [0.29, 0.717) is 0 Å². The number of nitrogens with zero attached hydrogens (tertiary/aromatic N) is 1. The van der Waals surface area contributed by atoms with Gasteiger partial charge >= 0.3 is 6.18 Å². The Morgan fingerprint density at radius 3 is 2.27 bits per heavy atom. The molecule has 2 aromatic carbocycles. The molecule has 0 atom stereocenters. The number of hydrogen-bond donors (Lipinski definition) is 1. The molecule has 9 heteroatoms. The molecule has 1 amide bonds. The summed E-state index contributed by atoms with van der Waals surface area (Å²) < 4.78 is 63.0. The van der Waals surface area contributed by atoms with Crippen LogP contribution in [0.25, 0.3) is 0 Å². The van der Waals surface area contributed by atoms with Crippen LogP contribution >= 0.6 is 0 Å². The van der Waals surface area contributed by atoms with Crippen molar-refractivity contribution in [3.8, 4) is 0 Å². The van der Waals surface area contributed by atoms with Gasteiger partial charge in [-0.1, -0.05) is 23.8 Å². The van der Waals surface area contributed by atoms with Crippen LogP contribution in [0, 0.1) is 6.92 Å². The Balaban J connectivity index is 2.19. The molecule has 0 bridgehead atoms. The van der Waals surface area contributed by atoms with Gasteiger partial charge in [0.05, 0.1) is 17.5 Å². The van der Waals surface area contributed by atoms with E-state index in [9.17, 15) is 26.4 Å². The lowest BCUT2D eigenvalue weighted by Crippen LogP contribution is -2.37. The van der Waals surface area contributed by atoms with Crippen LogP contribution < -0.4 is 9.62 Å². The number of hydrogen-bond acceptors (Lipinski definition) is 3. The molecule has 2 aromatic rings. The van der Waals surface area contributed by atoms with Gasteiger partial charge in [-0.3, -0.25) is 9.10 Å². The third-order valence-electron chi connectivity index (χ3n) is 3.48. The van der Waals surface area contributed by atoms with Crippen molar-refractivity contribution < 1.29 is 26.4 Å². The lowest BCUT2D eigenvalue weighted by Gasteiger charge is -2.22. The van der Waals surface area contributed by atoms with Gasteiger partial charge in [0.1, 0.15) is 6.54 Å². The monoisotopic (exact) mass is 386 g/mol. The van der Waals surface area contributed by atoms with E-state index >= 15 is 0 Å². The van der Waals surface area contributed by atoms with Crippen LogP contribution in [0.15, 0.2) is 48.5 Å². The maximum absolute atomic E-state index is 12.7. The molecule has 0 aliphatic rings. The topological polar surface area (TPSA) is 66.5 Å². The van der Waals surface area contributed by atoms with Crippen LogP contribution in [0.4, 0.5) is 24.5 Å². The quantitative estimate of drug-likeness (QED) is 0.856. The highest BCUT2D eigenvalue weighted by Gasteiger charge is 2.30. The van der Waals surface area contributed by atoms with E-state index in [1.165, 1.54) is 6.07 Å². The molecule has 0 saturated carbocycles. The number of nitrogens with one attached hydrogen (secondary N) is 1. The molecule has 0 aliphatic carbocycles. The number of alkyl halides is 3. The molecule has 0 heterocycles. The van der Waals surface area contributed by atoms with Crippen LogP contribution in [0.2, 0.25) is 0 Å². The van der Waals surface area contributed by atoms with Gasteiger partial charge in [0.15, 0.2) is 0 Å². The lowest BCUT2D eigenvalue weighted by molar-refractivity contribution is -0.137. The van der Waals surface area contributed by atoms with Crippen molar-refractivity contribution in [3.63, 3.8) is 0 Å². The largest absolute Gasteiger partial charge is 0.416 e. The van der Waals surface area contributed by atoms with Gasteiger partial charge in [-0.2, -0.15) is 13.2 Å². The Morgan fingerprint density at radius 1 is 1.12 bits per heavy atom. The standard InChI is InChI=1S/C17H17F3N2O3S/c1-12-6-8-15(9-7-12)22(26(2,24)25)11-16(23)21-14-5-3-4-13(10-14)17(18,19)20/h3-10H,11H2,1-2H3,(H,21,23). The van der Waals surface area contributed by atoms with Crippen molar-refractivity contribution in [2.45, 2.75) is 13.1 Å². The number of halogens is 3. The molecular weight excluding hydrogens is 369 g/mol. The first-order valence-electron chi connectivity index (χ1n) is 7.48. The summed E-state index contributed by atoms with van der Waals surface area (Å²) in [4.78, 5) is 12.2. The second kappa shape index (κ2) is 7.36. The Kier molecular flexibility index (Phi) is 5.60. The van der Waals surface area contributed by atoms with E-state index in [1.807, 2.05) is 6.92 Å². The molecule has 26 heavy (non-hydrogen) atoms. The maximum Gasteiger partial charge on any atom is 0.416 e. The minimum Gasteiger partial charge on any atom is -0.325 e. The van der Waals surface area contributed by atoms with E-state index in [4.69, 9.17) is 0 Å². The first kappa shape index (κ1) is 19.8. The summed E-state index contributed by atoms with van der Waals surface area (Å²) in [5.74, 6) is -0.754. The van der Waals surface area contributed by atoms with Crippen LogP contribution in [-0.2, 0) is 21.0 Å². The molecule has 0 radical (unpaired) electrons. The van der Waals surface area contributed by atoms with Gasteiger partial charge in [0.25, 0.3) is 0 Å². The third-order valence-corrected chi connectivity index (χ3v) is 4.62. The van der Waals surface area contributed by atoms with E-state index in [0.717, 1.165) is 34.3 Å². The normalized spacial score (nSPS) is 11.9. The maximum atomic E-state index is 12.7. The molecule has 5 nitrogen and oxygen atoms in total. The Bertz CT molecular complexity index is 894. The fraction of sp³-hybridized carbons (Fsp3) is 0.235. The minimum atomic E-state index is -4.54. The molecule has 1 N–H and O–H groups in total. The van der Waals surface area contributed by atoms with Crippen LogP contribution in [0.3, 0.4) is 0 Å². The number of carbonyl (C=O) groups excluding carboxylic acids is 1. The fourth-order valence-electron chi connectivity index (χ4n) is 2.22. The second-order valence-electron chi connectivity index (χ2n) is 5.73. The molecule has 0 aromatic heterocycles. The second-order valence-corrected chi connectivity index (χ2v) is 7.64. The Hall–Kier alpha value is -2.55. The van der Waals surface area contributed by atoms with E-state index < -0.39 is 34.2 Å². The first-order valence-corrected chi connectivity index (χ1v) is 9.33. The predicted octanol–water partition coefficient (Wildman–Crippen LogP) is 3.42. The van der Waals surface area contributed by atoms with Crippen molar-refractivity contribution in [3.05, 3.63) is 59.7 Å². The minimum absolute atomic E-state index is 0.0674. The van der Waals surface area contributed by atoms with Crippen molar-refractivity contribution >= 4 is 27.3 Å². The van der Waals surface area contributed by atoms with E-state index in [2.05, 4.69) is 5.32 Å². The summed E-state index contributed by atoms with van der Waals surface area (Å²) in [6.07, 6.45) is -3.59. The zero-order chi connectivity index (χ0) is 19.5. The lowest BCUT2D eigenvalue weighted by atomic mass is 10.2. The van der Waals surface area contributed by atoms with Gasteiger partial charge < -0.3 is 5.32 Å². The molecular formula is C17H17F3N2O3S. The predicted molar refractivity (Wildman–Crippen MR) is 93.4 cm³/mol. The summed E-state index contributed by atoms with van der Waals surface area (Å²) in [6.45, 7) is 1.27. The van der Waals surface area contributed by atoms with E-state index in [1.54, 1.807) is 24.3 Å². The SMILES string of the molecule is Cc1ccc(N(CC(=O)Nc2cccc(C(F)(F)F)c2)S(C)(=O)=O)cc1. The smallest absolute Gasteiger partial charge is 0.325 e. The Labute approximate surface area is 149 Å². The average molecular weight is 386 g/mol. The molecule has 140 valence electrons. The number of anilines is 2. The van der Waals surface area contributed by atoms with Crippen molar-refractivity contribution in [1.29, 1.82) is 0 Å². The van der Waals surface area contributed by atoms with Crippen LogP contribution in [0.5, 0.6) is 0 Å². The summed E-state index contributed by atoms with van der Waals surface area (Å²) in [5, 5.41) is 2.29. The summed E-state index contributed by atoms with van der Waals surface area (Å²) >= 11 is 0. The first-order chi connectivity index (χ1) is 12.0. The third kappa shape index (κ3) is 5.22. The van der Waals surface area contributed by atoms with E-state index in [-0.39, 0.29) is 11.4 Å². The van der Waals surface area contributed by atoms with Gasteiger partial charge in [0, 0.05) is 5.69 Å². The highest BCUT2D eigenvalue weighted by Crippen LogP contribution is 2.30. The van der Waals surface area contributed by atoms with Crippen LogP contribution in [0.1, 0.15) is 11.1 Å². The number of rotatable bonds is 5. The Morgan fingerprint density at radius 2 is 1.73 bits per heavy atom. The summed E-state index contributed by atoms with van der Waals surface area (Å²) in [6, 6.07) is 10.6. The number of benzene rings is 2. The molecule has 0 aliphatic heterocycles. The summed E-state index contributed by atoms with van der Waals surface area (Å²) in [7, 11) is -3.76. The van der Waals surface area contributed by atoms with Gasteiger partial charge in [-0.25, -0.2) is 8.42 Å². The van der Waals surface area contributed by atoms with Gasteiger partial charge in [0.2, 0.25) is 15.9 Å². The average Bonchev–Trinajstić information content (AvgIpc) is 2.52. The van der Waals surface area contributed by atoms with Crippen molar-refractivity contribution in [2.75, 3.05) is 22.4 Å². The highest BCUT2D eigenvalue weighted by molar-refractivity contribution is 7.92. The number of sulfonamides is 1. The highest BCUT2D eigenvalue weighted by atomic mass is 32.2. The summed E-state index contributed by atoms with van der Waals surface area (Å²) in [5.41, 5.74) is 0.226. The van der Waals surface area contributed by atoms with Crippen molar-refractivity contribution in [1.82, 2.24) is 0 Å². The van der Waals surface area contributed by atoms with Gasteiger partial charge in [-0.05, 0) is 37.3 Å². The zero-order valence-corrected chi connectivity index (χ0v) is 14.9. The fourth-order valence-corrected chi connectivity index (χ4v) is 3.07. The number of amides is 1. The zero-order valence-electron chi connectivity index (χ0n) is 14.0. The number of carbonyl (C=O) groups is 1. The van der Waals surface area contributed by atoms with Gasteiger partial charge in [-0.15, -0.1) is 0 Å². The molecule has 0 saturated heterocycles. The molecule has 0 spiro atoms. The number of aryl methyl sites for hydroxylation is 1. The van der Waals surface area contributed by atoms with Crippen LogP contribution in [-0.4, -0.2) is 27.1 Å². The molecule has 0 fully saturated rings. The molecule has 0 unspecified atom stereocenters. The van der Waals surface area contributed by atoms with Crippen molar-refractivity contribution in [2.24, 2.45) is 0 Å². The molecule has 2 rings (SSSR count).